The molecular formula is C13H17Br2NO2S. The van der Waals surface area contributed by atoms with E-state index in [0.29, 0.717) is 22.5 Å². The fourth-order valence-corrected chi connectivity index (χ4v) is 5.51. The molecule has 0 aliphatic carbocycles. The zero-order valence-corrected chi connectivity index (χ0v) is 14.8. The summed E-state index contributed by atoms with van der Waals surface area (Å²) in [5.41, 5.74) is 0.927. The van der Waals surface area contributed by atoms with Crippen LogP contribution in [-0.2, 0) is 10.0 Å². The SMILES string of the molecule is Cc1cc(S(=O)(=O)N2CCCCCC2)c(Br)cc1Br. The molecule has 0 aromatic heterocycles. The molecular weight excluding hydrogens is 394 g/mol. The molecule has 1 fully saturated rings. The van der Waals surface area contributed by atoms with Crippen LogP contribution in [0.25, 0.3) is 0 Å². The van der Waals surface area contributed by atoms with E-state index in [1.807, 2.05) is 6.92 Å². The van der Waals surface area contributed by atoms with Crippen molar-refractivity contribution >= 4 is 41.9 Å². The highest BCUT2D eigenvalue weighted by Crippen LogP contribution is 2.31. The van der Waals surface area contributed by atoms with Crippen molar-refractivity contribution in [3.8, 4) is 0 Å². The van der Waals surface area contributed by atoms with E-state index in [-0.39, 0.29) is 0 Å². The first-order valence-corrected chi connectivity index (χ1v) is 9.41. The van der Waals surface area contributed by atoms with Crippen LogP contribution in [0, 0.1) is 6.92 Å². The van der Waals surface area contributed by atoms with Gasteiger partial charge in [0.05, 0.1) is 4.90 Å². The van der Waals surface area contributed by atoms with Gasteiger partial charge in [0.25, 0.3) is 0 Å². The van der Waals surface area contributed by atoms with Crippen LogP contribution in [0.5, 0.6) is 0 Å². The largest absolute Gasteiger partial charge is 0.244 e. The number of rotatable bonds is 2. The summed E-state index contributed by atoms with van der Waals surface area (Å²) in [5.74, 6) is 0. The molecule has 0 radical (unpaired) electrons. The molecule has 0 saturated carbocycles. The highest BCUT2D eigenvalue weighted by Gasteiger charge is 2.27. The van der Waals surface area contributed by atoms with Crippen molar-refractivity contribution in [2.45, 2.75) is 37.5 Å². The minimum absolute atomic E-state index is 0.370. The molecule has 1 aromatic carbocycles. The molecule has 19 heavy (non-hydrogen) atoms. The molecule has 0 unspecified atom stereocenters. The smallest absolute Gasteiger partial charge is 0.207 e. The van der Waals surface area contributed by atoms with E-state index >= 15 is 0 Å². The maximum Gasteiger partial charge on any atom is 0.244 e. The van der Waals surface area contributed by atoms with Gasteiger partial charge in [0.15, 0.2) is 0 Å². The van der Waals surface area contributed by atoms with Gasteiger partial charge in [-0.25, -0.2) is 8.42 Å². The average Bonchev–Trinajstić information content (AvgIpc) is 2.62. The number of halogens is 2. The van der Waals surface area contributed by atoms with Crippen LogP contribution in [0.3, 0.4) is 0 Å². The summed E-state index contributed by atoms with van der Waals surface area (Å²) >= 11 is 6.78. The van der Waals surface area contributed by atoms with Crippen LogP contribution < -0.4 is 0 Å². The third-order valence-electron chi connectivity index (χ3n) is 3.40. The summed E-state index contributed by atoms with van der Waals surface area (Å²) < 4.78 is 28.6. The summed E-state index contributed by atoms with van der Waals surface area (Å²) in [7, 11) is -3.39. The van der Waals surface area contributed by atoms with Crippen LogP contribution in [0.15, 0.2) is 26.0 Å². The lowest BCUT2D eigenvalue weighted by Crippen LogP contribution is -2.32. The quantitative estimate of drug-likeness (QED) is 0.736. The van der Waals surface area contributed by atoms with Gasteiger partial charge >= 0.3 is 0 Å². The predicted molar refractivity (Wildman–Crippen MR) is 83.8 cm³/mol. The second-order valence-corrected chi connectivity index (χ2v) is 8.47. The minimum Gasteiger partial charge on any atom is -0.207 e. The Hall–Kier alpha value is 0.0900. The van der Waals surface area contributed by atoms with Gasteiger partial charge in [-0.2, -0.15) is 4.31 Å². The molecule has 1 saturated heterocycles. The molecule has 6 heteroatoms. The first-order chi connectivity index (χ1) is 8.93. The van der Waals surface area contributed by atoms with Crippen LogP contribution in [-0.4, -0.2) is 25.8 Å². The molecule has 1 aromatic rings. The zero-order valence-electron chi connectivity index (χ0n) is 10.8. The second kappa shape index (κ2) is 6.24. The molecule has 0 spiro atoms. The van der Waals surface area contributed by atoms with Crippen molar-refractivity contribution < 1.29 is 8.42 Å². The van der Waals surface area contributed by atoms with Gasteiger partial charge in [-0.3, -0.25) is 0 Å². The van der Waals surface area contributed by atoms with E-state index in [4.69, 9.17) is 0 Å². The molecule has 1 aliphatic rings. The molecule has 0 amide bonds. The van der Waals surface area contributed by atoms with Crippen LogP contribution in [0.2, 0.25) is 0 Å². The molecule has 3 nitrogen and oxygen atoms in total. The Morgan fingerprint density at radius 1 is 1.00 bits per heavy atom. The van der Waals surface area contributed by atoms with Crippen molar-refractivity contribution in [1.29, 1.82) is 0 Å². The summed E-state index contributed by atoms with van der Waals surface area (Å²) in [6, 6.07) is 3.54. The fourth-order valence-electron chi connectivity index (χ4n) is 2.25. The summed E-state index contributed by atoms with van der Waals surface area (Å²) in [6.07, 6.45) is 4.14. The summed E-state index contributed by atoms with van der Waals surface area (Å²) in [6.45, 7) is 3.16. The topological polar surface area (TPSA) is 37.4 Å². The van der Waals surface area contributed by atoms with Gasteiger partial charge in [-0.05, 0) is 53.4 Å². The van der Waals surface area contributed by atoms with Crippen LogP contribution in [0.4, 0.5) is 0 Å². The van der Waals surface area contributed by atoms with E-state index in [1.54, 1.807) is 16.4 Å². The van der Waals surface area contributed by atoms with Gasteiger partial charge in [-0.15, -0.1) is 0 Å². The first kappa shape index (κ1) is 15.5. The maximum atomic E-state index is 12.7. The number of hydrogen-bond acceptors (Lipinski definition) is 2. The normalized spacial score (nSPS) is 18.3. The van der Waals surface area contributed by atoms with Gasteiger partial charge in [0, 0.05) is 22.0 Å². The Morgan fingerprint density at radius 2 is 1.58 bits per heavy atom. The fraction of sp³-hybridized carbons (Fsp3) is 0.538. The molecule has 0 bridgehead atoms. The Bertz CT molecular complexity index is 564. The van der Waals surface area contributed by atoms with Crippen molar-refractivity contribution in [2.75, 3.05) is 13.1 Å². The molecule has 1 heterocycles. The van der Waals surface area contributed by atoms with Gasteiger partial charge in [-0.1, -0.05) is 28.8 Å². The lowest BCUT2D eigenvalue weighted by atomic mass is 10.2. The lowest BCUT2D eigenvalue weighted by molar-refractivity contribution is 0.423. The van der Waals surface area contributed by atoms with Crippen molar-refractivity contribution in [3.63, 3.8) is 0 Å². The van der Waals surface area contributed by atoms with Gasteiger partial charge in [0.1, 0.15) is 0 Å². The number of hydrogen-bond donors (Lipinski definition) is 0. The number of nitrogens with zero attached hydrogens (tertiary/aromatic N) is 1. The predicted octanol–water partition coefficient (Wildman–Crippen LogP) is 4.08. The standard InChI is InChI=1S/C13H17Br2NO2S/c1-10-8-13(12(15)9-11(10)14)19(17,18)16-6-4-2-3-5-7-16/h8-9H,2-7H2,1H3. The number of sulfonamides is 1. The van der Waals surface area contributed by atoms with E-state index in [1.165, 1.54) is 0 Å². The Morgan fingerprint density at radius 3 is 2.16 bits per heavy atom. The van der Waals surface area contributed by atoms with E-state index in [9.17, 15) is 8.42 Å². The molecule has 0 atom stereocenters. The lowest BCUT2D eigenvalue weighted by Gasteiger charge is -2.21. The zero-order chi connectivity index (χ0) is 14.0. The third kappa shape index (κ3) is 3.40. The monoisotopic (exact) mass is 409 g/mol. The van der Waals surface area contributed by atoms with Crippen LogP contribution >= 0.6 is 31.9 Å². The summed E-state index contributed by atoms with van der Waals surface area (Å²) in [5, 5.41) is 0. The van der Waals surface area contributed by atoms with E-state index < -0.39 is 10.0 Å². The molecule has 0 N–H and O–H groups in total. The summed E-state index contributed by atoms with van der Waals surface area (Å²) in [4.78, 5) is 0.370. The molecule has 2 rings (SSSR count). The van der Waals surface area contributed by atoms with E-state index in [2.05, 4.69) is 31.9 Å². The third-order valence-corrected chi connectivity index (χ3v) is 7.11. The molecule has 106 valence electrons. The average molecular weight is 411 g/mol. The number of benzene rings is 1. The first-order valence-electron chi connectivity index (χ1n) is 6.39. The van der Waals surface area contributed by atoms with Gasteiger partial charge in [0.2, 0.25) is 10.0 Å². The number of aryl methyl sites for hydroxylation is 1. The highest BCUT2D eigenvalue weighted by atomic mass is 79.9. The second-order valence-electron chi connectivity index (χ2n) is 4.85. The van der Waals surface area contributed by atoms with Gasteiger partial charge < -0.3 is 0 Å². The Balaban J connectivity index is 2.41. The van der Waals surface area contributed by atoms with Crippen molar-refractivity contribution in [1.82, 2.24) is 4.31 Å². The maximum absolute atomic E-state index is 12.7. The van der Waals surface area contributed by atoms with Crippen molar-refractivity contribution in [3.05, 3.63) is 26.6 Å². The molecule has 1 aliphatic heterocycles. The van der Waals surface area contributed by atoms with Crippen molar-refractivity contribution in [2.24, 2.45) is 0 Å². The minimum atomic E-state index is -3.39. The Labute approximate surface area is 131 Å². The highest BCUT2D eigenvalue weighted by molar-refractivity contribution is 9.11. The Kier molecular flexibility index (Phi) is 5.09. The van der Waals surface area contributed by atoms with E-state index in [0.717, 1.165) is 35.7 Å². The van der Waals surface area contributed by atoms with Crippen LogP contribution in [0.1, 0.15) is 31.2 Å².